The number of halogens is 1. The van der Waals surface area contributed by atoms with Gasteiger partial charge >= 0.3 is 0 Å². The number of nitrogens with zero attached hydrogens (tertiary/aromatic N) is 2. The molecular formula is C18H23ClN4O2. The normalized spacial score (nSPS) is 10.4. The Hall–Kier alpha value is -2.34. The summed E-state index contributed by atoms with van der Waals surface area (Å²) in [5.41, 5.74) is 1.95. The lowest BCUT2D eigenvalue weighted by atomic mass is 10.2. The molecule has 0 atom stereocenters. The van der Waals surface area contributed by atoms with Crippen molar-refractivity contribution in [2.45, 2.75) is 33.1 Å². The van der Waals surface area contributed by atoms with Gasteiger partial charge < -0.3 is 15.4 Å². The van der Waals surface area contributed by atoms with Crippen molar-refractivity contribution in [1.29, 1.82) is 0 Å². The second-order valence-corrected chi connectivity index (χ2v) is 6.09. The lowest BCUT2D eigenvalue weighted by Crippen LogP contribution is -2.25. The number of benzene rings is 1. The lowest BCUT2D eigenvalue weighted by molar-refractivity contribution is 0.0948. The van der Waals surface area contributed by atoms with E-state index >= 15 is 0 Å². The van der Waals surface area contributed by atoms with Crippen molar-refractivity contribution in [1.82, 2.24) is 15.3 Å². The SMILES string of the molecule is CCCCCNC(=O)c1cc(Nc2cc(C)c(Cl)cc2OC)ncn1. The fraction of sp³-hybridized carbons (Fsp3) is 0.389. The number of rotatable bonds is 8. The molecule has 0 aliphatic rings. The molecule has 2 N–H and O–H groups in total. The Balaban J connectivity index is 2.11. The zero-order valence-electron chi connectivity index (χ0n) is 14.7. The van der Waals surface area contributed by atoms with Crippen molar-refractivity contribution in [3.8, 4) is 5.75 Å². The number of methoxy groups -OCH3 is 1. The Labute approximate surface area is 153 Å². The summed E-state index contributed by atoms with van der Waals surface area (Å²) in [4.78, 5) is 20.4. The number of hydrogen-bond acceptors (Lipinski definition) is 5. The highest BCUT2D eigenvalue weighted by atomic mass is 35.5. The van der Waals surface area contributed by atoms with Gasteiger partial charge in [0.05, 0.1) is 12.8 Å². The highest BCUT2D eigenvalue weighted by Crippen LogP contribution is 2.32. The van der Waals surface area contributed by atoms with Gasteiger partial charge in [-0.25, -0.2) is 9.97 Å². The summed E-state index contributed by atoms with van der Waals surface area (Å²) in [6.07, 6.45) is 4.52. The molecule has 0 radical (unpaired) electrons. The third-order valence-electron chi connectivity index (χ3n) is 3.71. The second-order valence-electron chi connectivity index (χ2n) is 5.68. The second kappa shape index (κ2) is 9.22. The Kier molecular flexibility index (Phi) is 7.01. The summed E-state index contributed by atoms with van der Waals surface area (Å²) in [7, 11) is 1.57. The molecule has 0 aliphatic heterocycles. The van der Waals surface area contributed by atoms with Crippen molar-refractivity contribution in [3.05, 3.63) is 40.8 Å². The average Bonchev–Trinajstić information content (AvgIpc) is 2.61. The van der Waals surface area contributed by atoms with Gasteiger partial charge in [0.1, 0.15) is 23.6 Å². The Morgan fingerprint density at radius 1 is 1.24 bits per heavy atom. The van der Waals surface area contributed by atoms with Gasteiger partial charge in [-0.2, -0.15) is 0 Å². The first-order valence-corrected chi connectivity index (χ1v) is 8.64. The van der Waals surface area contributed by atoms with E-state index in [1.165, 1.54) is 6.33 Å². The quantitative estimate of drug-likeness (QED) is 0.691. The van der Waals surface area contributed by atoms with Crippen molar-refractivity contribution in [2.75, 3.05) is 19.0 Å². The summed E-state index contributed by atoms with van der Waals surface area (Å²) in [5.74, 6) is 0.898. The maximum Gasteiger partial charge on any atom is 0.270 e. The topological polar surface area (TPSA) is 76.1 Å². The summed E-state index contributed by atoms with van der Waals surface area (Å²) >= 11 is 6.12. The lowest BCUT2D eigenvalue weighted by Gasteiger charge is -2.13. The Morgan fingerprint density at radius 3 is 2.76 bits per heavy atom. The first kappa shape index (κ1) is 19.0. The van der Waals surface area contributed by atoms with Crippen LogP contribution in [-0.4, -0.2) is 29.5 Å². The van der Waals surface area contributed by atoms with Crippen LogP contribution in [0.2, 0.25) is 5.02 Å². The van der Waals surface area contributed by atoms with Gasteiger partial charge in [-0.3, -0.25) is 4.79 Å². The highest BCUT2D eigenvalue weighted by molar-refractivity contribution is 6.31. The van der Waals surface area contributed by atoms with E-state index in [0.717, 1.165) is 30.5 Å². The zero-order valence-corrected chi connectivity index (χ0v) is 15.5. The van der Waals surface area contributed by atoms with Crippen LogP contribution in [0.25, 0.3) is 0 Å². The van der Waals surface area contributed by atoms with Crippen LogP contribution in [0.5, 0.6) is 5.75 Å². The van der Waals surface area contributed by atoms with E-state index in [9.17, 15) is 4.79 Å². The van der Waals surface area contributed by atoms with E-state index in [1.54, 1.807) is 19.2 Å². The number of carbonyl (C=O) groups excluding carboxylic acids is 1. The number of aromatic nitrogens is 2. The summed E-state index contributed by atoms with van der Waals surface area (Å²) in [5, 5.41) is 6.64. The fourth-order valence-corrected chi connectivity index (χ4v) is 2.44. The number of carbonyl (C=O) groups is 1. The number of nitrogens with one attached hydrogen (secondary N) is 2. The molecule has 0 saturated heterocycles. The molecule has 0 fully saturated rings. The van der Waals surface area contributed by atoms with E-state index in [-0.39, 0.29) is 5.91 Å². The van der Waals surface area contributed by atoms with Crippen molar-refractivity contribution in [2.24, 2.45) is 0 Å². The van der Waals surface area contributed by atoms with Gasteiger partial charge in [0.15, 0.2) is 0 Å². The van der Waals surface area contributed by atoms with Crippen LogP contribution < -0.4 is 15.4 Å². The molecule has 1 aromatic carbocycles. The minimum atomic E-state index is -0.208. The standard InChI is InChI=1S/C18H23ClN4O2/c1-4-5-6-7-20-18(24)15-10-17(22-11-21-15)23-14-8-12(2)13(19)9-16(14)25-3/h8-11H,4-7H2,1-3H3,(H,20,24)(H,21,22,23). The number of hydrogen-bond donors (Lipinski definition) is 2. The van der Waals surface area contributed by atoms with E-state index in [1.807, 2.05) is 13.0 Å². The predicted molar refractivity (Wildman–Crippen MR) is 99.9 cm³/mol. The van der Waals surface area contributed by atoms with E-state index < -0.39 is 0 Å². The van der Waals surface area contributed by atoms with Gasteiger partial charge in [-0.15, -0.1) is 0 Å². The maximum atomic E-state index is 12.2. The third-order valence-corrected chi connectivity index (χ3v) is 4.12. The van der Waals surface area contributed by atoms with Crippen LogP contribution in [0.3, 0.4) is 0 Å². The van der Waals surface area contributed by atoms with E-state index in [2.05, 4.69) is 27.5 Å². The van der Waals surface area contributed by atoms with Crippen molar-refractivity contribution >= 4 is 29.0 Å². The van der Waals surface area contributed by atoms with Gasteiger partial charge in [0.25, 0.3) is 5.91 Å². The van der Waals surface area contributed by atoms with Crippen LogP contribution in [-0.2, 0) is 0 Å². The van der Waals surface area contributed by atoms with Crippen LogP contribution >= 0.6 is 11.6 Å². The van der Waals surface area contributed by atoms with Gasteiger partial charge in [-0.05, 0) is 25.0 Å². The maximum absolute atomic E-state index is 12.2. The predicted octanol–water partition coefficient (Wildman–Crippen LogP) is 4.11. The molecule has 0 unspecified atom stereocenters. The highest BCUT2D eigenvalue weighted by Gasteiger charge is 2.11. The molecule has 25 heavy (non-hydrogen) atoms. The number of ether oxygens (including phenoxy) is 1. The molecule has 1 aromatic heterocycles. The van der Waals surface area contributed by atoms with Gasteiger partial charge in [0, 0.05) is 23.7 Å². The minimum absolute atomic E-state index is 0.208. The van der Waals surface area contributed by atoms with Crippen LogP contribution in [0.1, 0.15) is 42.2 Å². The first-order valence-electron chi connectivity index (χ1n) is 8.26. The van der Waals surface area contributed by atoms with Crippen LogP contribution in [0, 0.1) is 6.92 Å². The largest absolute Gasteiger partial charge is 0.495 e. The Bertz CT molecular complexity index is 737. The van der Waals surface area contributed by atoms with Crippen LogP contribution in [0.4, 0.5) is 11.5 Å². The molecule has 2 aromatic rings. The average molecular weight is 363 g/mol. The molecule has 6 nitrogen and oxygen atoms in total. The summed E-state index contributed by atoms with van der Waals surface area (Å²) in [6.45, 7) is 4.67. The first-order chi connectivity index (χ1) is 12.0. The molecule has 0 spiro atoms. The molecule has 1 amide bonds. The zero-order chi connectivity index (χ0) is 18.2. The van der Waals surface area contributed by atoms with Gasteiger partial charge in [0.2, 0.25) is 0 Å². The van der Waals surface area contributed by atoms with Crippen molar-refractivity contribution in [3.63, 3.8) is 0 Å². The molecule has 0 saturated carbocycles. The van der Waals surface area contributed by atoms with Crippen LogP contribution in [0.15, 0.2) is 24.5 Å². The summed E-state index contributed by atoms with van der Waals surface area (Å²) < 4.78 is 5.34. The molecule has 2 rings (SSSR count). The van der Waals surface area contributed by atoms with Crippen molar-refractivity contribution < 1.29 is 9.53 Å². The number of anilines is 2. The van der Waals surface area contributed by atoms with Gasteiger partial charge in [-0.1, -0.05) is 31.4 Å². The molecule has 0 aliphatic carbocycles. The fourth-order valence-electron chi connectivity index (χ4n) is 2.29. The monoisotopic (exact) mass is 362 g/mol. The molecule has 0 bridgehead atoms. The smallest absolute Gasteiger partial charge is 0.270 e. The number of unbranched alkanes of at least 4 members (excludes halogenated alkanes) is 2. The molecule has 1 heterocycles. The molecule has 7 heteroatoms. The molecule has 134 valence electrons. The summed E-state index contributed by atoms with van der Waals surface area (Å²) in [6, 6.07) is 5.22. The van der Waals surface area contributed by atoms with E-state index in [0.29, 0.717) is 28.8 Å². The third kappa shape index (κ3) is 5.32. The number of aryl methyl sites for hydroxylation is 1. The van der Waals surface area contributed by atoms with E-state index in [4.69, 9.17) is 16.3 Å². The minimum Gasteiger partial charge on any atom is -0.495 e. The molecular weight excluding hydrogens is 340 g/mol. The number of amides is 1. The Morgan fingerprint density at radius 2 is 2.04 bits per heavy atom.